The molecule has 0 fully saturated rings. The van der Waals surface area contributed by atoms with E-state index in [-0.39, 0.29) is 7.69 Å². The number of rotatable bonds is 4. The first kappa shape index (κ1) is 18.6. The summed E-state index contributed by atoms with van der Waals surface area (Å²) in [5.41, 5.74) is 4.14. The van der Waals surface area contributed by atoms with Gasteiger partial charge >= 0.3 is 7.69 Å². The monoisotopic (exact) mass is 440 g/mol. The molecule has 2 heterocycles. The SMILES string of the molecule is B(Oc1cccc2c1Nc1ccccc1S2)Oc1cccc2c1Nc1ccccc1S2. The van der Waals surface area contributed by atoms with Gasteiger partial charge in [-0.2, -0.15) is 0 Å². The molecule has 0 aliphatic carbocycles. The Morgan fingerprint density at radius 3 is 1.48 bits per heavy atom. The van der Waals surface area contributed by atoms with E-state index in [1.165, 1.54) is 9.79 Å². The number of anilines is 4. The van der Waals surface area contributed by atoms with Gasteiger partial charge in [-0.1, -0.05) is 59.9 Å². The van der Waals surface area contributed by atoms with Crippen molar-refractivity contribution >= 4 is 54.0 Å². The van der Waals surface area contributed by atoms with E-state index in [1.54, 1.807) is 23.5 Å². The number of hydrogen-bond acceptors (Lipinski definition) is 6. The first-order chi connectivity index (χ1) is 15.3. The van der Waals surface area contributed by atoms with Crippen LogP contribution in [0.3, 0.4) is 0 Å². The fourth-order valence-corrected chi connectivity index (χ4v) is 5.69. The molecule has 4 aromatic carbocycles. The highest BCUT2D eigenvalue weighted by Gasteiger charge is 2.21. The third-order valence-corrected chi connectivity index (χ3v) is 7.41. The summed E-state index contributed by atoms with van der Waals surface area (Å²) in [5, 5.41) is 7.00. The van der Waals surface area contributed by atoms with Crippen LogP contribution in [-0.2, 0) is 0 Å². The number of nitrogens with one attached hydrogen (secondary N) is 2. The molecule has 2 aliphatic rings. The fraction of sp³-hybridized carbons (Fsp3) is 0. The molecule has 0 spiro atoms. The van der Waals surface area contributed by atoms with Crippen LogP contribution in [0.2, 0.25) is 0 Å². The third kappa shape index (κ3) is 3.50. The Hall–Kier alpha value is -3.16. The maximum atomic E-state index is 6.05. The van der Waals surface area contributed by atoms with E-state index in [9.17, 15) is 0 Å². The molecule has 0 bridgehead atoms. The summed E-state index contributed by atoms with van der Waals surface area (Å²) in [6.45, 7) is 0. The molecule has 150 valence electrons. The first-order valence-electron chi connectivity index (χ1n) is 9.94. The predicted octanol–water partition coefficient (Wildman–Crippen LogP) is 6.83. The second kappa shape index (κ2) is 7.83. The number of fused-ring (bicyclic) bond motifs is 4. The van der Waals surface area contributed by atoms with Crippen molar-refractivity contribution in [3.05, 3.63) is 84.9 Å². The molecular formula is C24H17BN2O2S2. The Balaban J connectivity index is 1.20. The van der Waals surface area contributed by atoms with Gasteiger partial charge in [0.05, 0.1) is 22.7 Å². The fourth-order valence-electron chi connectivity index (χ4n) is 3.66. The normalized spacial score (nSPS) is 12.8. The predicted molar refractivity (Wildman–Crippen MR) is 129 cm³/mol. The van der Waals surface area contributed by atoms with Gasteiger partial charge in [0, 0.05) is 19.6 Å². The third-order valence-electron chi connectivity index (χ3n) is 5.14. The molecule has 31 heavy (non-hydrogen) atoms. The molecule has 7 heteroatoms. The lowest BCUT2D eigenvalue weighted by Gasteiger charge is -2.24. The maximum absolute atomic E-state index is 6.05. The molecule has 0 radical (unpaired) electrons. The zero-order valence-corrected chi connectivity index (χ0v) is 18.1. The minimum atomic E-state index is 0.120. The van der Waals surface area contributed by atoms with Gasteiger partial charge in [0.15, 0.2) is 0 Å². The van der Waals surface area contributed by atoms with Gasteiger partial charge in [-0.3, -0.25) is 0 Å². The number of benzene rings is 4. The van der Waals surface area contributed by atoms with Gasteiger partial charge in [-0.25, -0.2) is 0 Å². The van der Waals surface area contributed by atoms with Crippen LogP contribution in [-0.4, -0.2) is 7.69 Å². The van der Waals surface area contributed by atoms with Crippen LogP contribution in [0.1, 0.15) is 0 Å². The van der Waals surface area contributed by atoms with Crippen molar-refractivity contribution in [2.75, 3.05) is 10.6 Å². The van der Waals surface area contributed by atoms with Crippen LogP contribution in [0, 0.1) is 0 Å². The quantitative estimate of drug-likeness (QED) is 0.293. The van der Waals surface area contributed by atoms with Crippen molar-refractivity contribution in [2.24, 2.45) is 0 Å². The minimum absolute atomic E-state index is 0.120. The smallest absolute Gasteiger partial charge is 0.527 e. The summed E-state index contributed by atoms with van der Waals surface area (Å²) in [5.74, 6) is 1.55. The Kier molecular flexibility index (Phi) is 4.70. The average Bonchev–Trinajstić information content (AvgIpc) is 2.82. The van der Waals surface area contributed by atoms with E-state index in [4.69, 9.17) is 9.31 Å². The zero-order chi connectivity index (χ0) is 20.6. The van der Waals surface area contributed by atoms with Crippen LogP contribution >= 0.6 is 23.5 Å². The Morgan fingerprint density at radius 1 is 0.516 bits per heavy atom. The van der Waals surface area contributed by atoms with Crippen molar-refractivity contribution in [2.45, 2.75) is 19.6 Å². The average molecular weight is 440 g/mol. The highest BCUT2D eigenvalue weighted by molar-refractivity contribution is 8.00. The molecule has 2 aliphatic heterocycles. The van der Waals surface area contributed by atoms with Gasteiger partial charge in [-0.05, 0) is 48.5 Å². The van der Waals surface area contributed by atoms with Gasteiger partial charge in [0.1, 0.15) is 11.5 Å². The summed E-state index contributed by atoms with van der Waals surface area (Å²) in [7, 11) is 0.120. The van der Waals surface area contributed by atoms with E-state index >= 15 is 0 Å². The topological polar surface area (TPSA) is 42.5 Å². The second-order valence-electron chi connectivity index (χ2n) is 7.11. The molecule has 4 aromatic rings. The molecule has 0 saturated carbocycles. The molecule has 0 amide bonds. The van der Waals surface area contributed by atoms with Gasteiger partial charge in [0.2, 0.25) is 0 Å². The summed E-state index contributed by atoms with van der Waals surface area (Å²) in [6, 6.07) is 28.7. The largest absolute Gasteiger partial charge is 0.576 e. The van der Waals surface area contributed by atoms with Crippen LogP contribution in [0.25, 0.3) is 0 Å². The van der Waals surface area contributed by atoms with Crippen LogP contribution in [0.15, 0.2) is 105 Å². The minimum Gasteiger partial charge on any atom is -0.527 e. The molecule has 0 saturated heterocycles. The Bertz CT molecular complexity index is 1200. The van der Waals surface area contributed by atoms with Gasteiger partial charge < -0.3 is 19.9 Å². The zero-order valence-electron chi connectivity index (χ0n) is 16.4. The summed E-state index contributed by atoms with van der Waals surface area (Å²) >= 11 is 3.49. The molecule has 0 aromatic heterocycles. The summed E-state index contributed by atoms with van der Waals surface area (Å²) in [4.78, 5) is 4.71. The first-order valence-corrected chi connectivity index (χ1v) is 11.6. The Labute approximate surface area is 189 Å². The highest BCUT2D eigenvalue weighted by atomic mass is 32.2. The lowest BCUT2D eigenvalue weighted by atomic mass is 10.2. The van der Waals surface area contributed by atoms with Crippen molar-refractivity contribution in [1.82, 2.24) is 0 Å². The molecule has 4 nitrogen and oxygen atoms in total. The maximum Gasteiger partial charge on any atom is 0.576 e. The van der Waals surface area contributed by atoms with E-state index in [2.05, 4.69) is 59.2 Å². The van der Waals surface area contributed by atoms with Gasteiger partial charge in [-0.15, -0.1) is 0 Å². The van der Waals surface area contributed by atoms with E-state index in [0.717, 1.165) is 44.0 Å². The standard InChI is InChI=1S/C24H17BN2O2S2/c1-3-11-19-15(7-1)26-23-17(9-5-13-21(23)30-19)28-25-29-18-10-6-14-22-24(18)27-16-8-2-4-12-20(16)31-22/h1-14,25-27H. The lowest BCUT2D eigenvalue weighted by molar-refractivity contribution is 0.460. The highest BCUT2D eigenvalue weighted by Crippen LogP contribution is 2.49. The van der Waals surface area contributed by atoms with Gasteiger partial charge in [0.25, 0.3) is 0 Å². The van der Waals surface area contributed by atoms with Crippen molar-refractivity contribution < 1.29 is 9.31 Å². The van der Waals surface area contributed by atoms with E-state index in [0.29, 0.717) is 0 Å². The van der Waals surface area contributed by atoms with Crippen molar-refractivity contribution in [3.8, 4) is 11.5 Å². The number of hydrogen-bond donors (Lipinski definition) is 2. The Morgan fingerprint density at radius 2 is 0.968 bits per heavy atom. The van der Waals surface area contributed by atoms with Crippen molar-refractivity contribution in [3.63, 3.8) is 0 Å². The summed E-state index contributed by atoms with van der Waals surface area (Å²) in [6.07, 6.45) is 0. The number of para-hydroxylation sites is 4. The van der Waals surface area contributed by atoms with E-state index < -0.39 is 0 Å². The van der Waals surface area contributed by atoms with Crippen LogP contribution < -0.4 is 19.9 Å². The van der Waals surface area contributed by atoms with Crippen molar-refractivity contribution in [1.29, 1.82) is 0 Å². The molecule has 6 rings (SSSR count). The molecule has 2 N–H and O–H groups in total. The van der Waals surface area contributed by atoms with Crippen LogP contribution in [0.5, 0.6) is 11.5 Å². The second-order valence-corrected chi connectivity index (χ2v) is 9.28. The lowest BCUT2D eigenvalue weighted by Crippen LogP contribution is -2.14. The molecular weight excluding hydrogens is 423 g/mol. The van der Waals surface area contributed by atoms with Crippen LogP contribution in [0.4, 0.5) is 22.7 Å². The van der Waals surface area contributed by atoms with E-state index in [1.807, 2.05) is 36.4 Å². The molecule has 0 unspecified atom stereocenters. The summed E-state index contributed by atoms with van der Waals surface area (Å²) < 4.78 is 12.1. The molecule has 0 atom stereocenters.